The summed E-state index contributed by atoms with van der Waals surface area (Å²) in [6, 6.07) is 0. The van der Waals surface area contributed by atoms with Crippen LogP contribution < -0.4 is 0 Å². The average molecular weight is 316 g/mol. The lowest BCUT2D eigenvalue weighted by Gasteiger charge is -2.07. The normalized spacial score (nSPS) is 13.0. The molecule has 0 heterocycles. The molecule has 0 fully saturated rings. The predicted molar refractivity (Wildman–Crippen MR) is 91.1 cm³/mol. The number of hydrogen-bond donors (Lipinski definition) is 2. The maximum Gasteiger partial charge on any atom is 0.0954 e. The van der Waals surface area contributed by atoms with E-state index in [9.17, 15) is 5.11 Å². The lowest BCUT2D eigenvalue weighted by atomic mass is 10.1. The maximum absolute atomic E-state index is 9.68. The molecule has 0 aromatic heterocycles. The average Bonchev–Trinajstić information content (AvgIpc) is 2.52. The molecule has 22 heavy (non-hydrogen) atoms. The van der Waals surface area contributed by atoms with E-state index < -0.39 is 6.10 Å². The molecule has 0 radical (unpaired) electrons. The highest BCUT2D eigenvalue weighted by Gasteiger charge is 1.98. The van der Waals surface area contributed by atoms with Gasteiger partial charge in [-0.25, -0.2) is 0 Å². The predicted octanol–water partition coefficient (Wildman–Crippen LogP) is 3.46. The second-order valence-corrected chi connectivity index (χ2v) is 5.67. The fourth-order valence-corrected chi connectivity index (χ4v) is 2.19. The van der Waals surface area contributed by atoms with Crippen LogP contribution >= 0.6 is 0 Å². The Morgan fingerprint density at radius 2 is 1.50 bits per heavy atom. The molecule has 0 amide bonds. The van der Waals surface area contributed by atoms with Gasteiger partial charge in [-0.3, -0.25) is 0 Å². The highest BCUT2D eigenvalue weighted by molar-refractivity contribution is 4.88. The van der Waals surface area contributed by atoms with Gasteiger partial charge in [0.05, 0.1) is 39.1 Å². The summed E-state index contributed by atoms with van der Waals surface area (Å²) in [5.74, 6) is 0. The van der Waals surface area contributed by atoms with Gasteiger partial charge in [-0.1, -0.05) is 64.0 Å². The van der Waals surface area contributed by atoms with Crippen molar-refractivity contribution in [3.05, 3.63) is 12.2 Å². The summed E-state index contributed by atoms with van der Waals surface area (Å²) in [7, 11) is 0. The minimum absolute atomic E-state index is 0.0318. The Balaban J connectivity index is 3.23. The first-order valence-corrected chi connectivity index (χ1v) is 8.92. The van der Waals surface area contributed by atoms with Gasteiger partial charge in [0.2, 0.25) is 0 Å². The molecule has 2 N–H and O–H groups in total. The van der Waals surface area contributed by atoms with Crippen LogP contribution in [0.2, 0.25) is 0 Å². The van der Waals surface area contributed by atoms with Crippen molar-refractivity contribution in [1.82, 2.24) is 0 Å². The Morgan fingerprint density at radius 3 is 2.18 bits per heavy atom. The van der Waals surface area contributed by atoms with Crippen molar-refractivity contribution in [2.75, 3.05) is 33.0 Å². The van der Waals surface area contributed by atoms with Crippen LogP contribution in [0.25, 0.3) is 0 Å². The van der Waals surface area contributed by atoms with Crippen LogP contribution in [0.15, 0.2) is 12.2 Å². The Labute approximate surface area is 136 Å². The van der Waals surface area contributed by atoms with Gasteiger partial charge in [0.1, 0.15) is 0 Å². The van der Waals surface area contributed by atoms with E-state index in [0.29, 0.717) is 26.4 Å². The SMILES string of the molecule is CCCCCCCCCCC=CC(O)COCCOCCO. The van der Waals surface area contributed by atoms with Gasteiger partial charge in [0.15, 0.2) is 0 Å². The molecule has 0 rings (SSSR count). The van der Waals surface area contributed by atoms with Gasteiger partial charge in [-0.05, 0) is 12.8 Å². The minimum Gasteiger partial charge on any atom is -0.394 e. The summed E-state index contributed by atoms with van der Waals surface area (Å²) in [4.78, 5) is 0. The van der Waals surface area contributed by atoms with Crippen LogP contribution in [0.3, 0.4) is 0 Å². The standard InChI is InChI=1S/C18H36O4/c1-2-3-4-5-6-7-8-9-10-11-12-18(20)17-22-16-15-21-14-13-19/h11-12,18-20H,2-10,13-17H2,1H3. The van der Waals surface area contributed by atoms with E-state index in [1.165, 1.54) is 51.4 Å². The number of ether oxygens (including phenoxy) is 2. The topological polar surface area (TPSA) is 58.9 Å². The van der Waals surface area contributed by atoms with Crippen LogP contribution in [0.1, 0.15) is 64.7 Å². The highest BCUT2D eigenvalue weighted by Crippen LogP contribution is 2.09. The van der Waals surface area contributed by atoms with E-state index in [-0.39, 0.29) is 6.61 Å². The van der Waals surface area contributed by atoms with Gasteiger partial charge in [-0.15, -0.1) is 0 Å². The van der Waals surface area contributed by atoms with Gasteiger partial charge >= 0.3 is 0 Å². The number of allylic oxidation sites excluding steroid dienone is 1. The van der Waals surface area contributed by atoms with Crippen LogP contribution in [-0.2, 0) is 9.47 Å². The third-order valence-corrected chi connectivity index (χ3v) is 3.48. The van der Waals surface area contributed by atoms with Crippen molar-refractivity contribution in [3.63, 3.8) is 0 Å². The molecule has 0 aromatic rings. The van der Waals surface area contributed by atoms with E-state index in [4.69, 9.17) is 14.6 Å². The largest absolute Gasteiger partial charge is 0.394 e. The van der Waals surface area contributed by atoms with Crippen molar-refractivity contribution < 1.29 is 19.7 Å². The van der Waals surface area contributed by atoms with Crippen molar-refractivity contribution in [3.8, 4) is 0 Å². The lowest BCUT2D eigenvalue weighted by Crippen LogP contribution is -2.15. The molecule has 1 atom stereocenters. The smallest absolute Gasteiger partial charge is 0.0954 e. The molecule has 0 bridgehead atoms. The Bertz CT molecular complexity index is 231. The maximum atomic E-state index is 9.68. The summed E-state index contributed by atoms with van der Waals surface area (Å²) in [6.45, 7) is 3.82. The zero-order chi connectivity index (χ0) is 16.3. The molecular formula is C18H36O4. The van der Waals surface area contributed by atoms with E-state index in [1.54, 1.807) is 0 Å². The molecule has 0 aliphatic carbocycles. The molecule has 0 aromatic carbocycles. The first kappa shape index (κ1) is 21.6. The number of hydrogen-bond acceptors (Lipinski definition) is 4. The third kappa shape index (κ3) is 17.6. The Kier molecular flexibility index (Phi) is 18.3. The van der Waals surface area contributed by atoms with E-state index in [0.717, 1.165) is 6.42 Å². The van der Waals surface area contributed by atoms with Gasteiger partial charge in [0, 0.05) is 0 Å². The Morgan fingerprint density at radius 1 is 0.864 bits per heavy atom. The summed E-state index contributed by atoms with van der Waals surface area (Å²) in [6.07, 6.45) is 15.0. The molecular weight excluding hydrogens is 280 g/mol. The van der Waals surface area contributed by atoms with Crippen molar-refractivity contribution in [2.45, 2.75) is 70.8 Å². The van der Waals surface area contributed by atoms with E-state index in [1.807, 2.05) is 12.2 Å². The monoisotopic (exact) mass is 316 g/mol. The van der Waals surface area contributed by atoms with Crippen molar-refractivity contribution in [1.29, 1.82) is 0 Å². The minimum atomic E-state index is -0.535. The Hall–Kier alpha value is -0.420. The third-order valence-electron chi connectivity index (χ3n) is 3.48. The summed E-state index contributed by atoms with van der Waals surface area (Å²) >= 11 is 0. The number of aliphatic hydroxyl groups is 2. The molecule has 1 unspecified atom stereocenters. The van der Waals surface area contributed by atoms with E-state index in [2.05, 4.69) is 6.92 Å². The van der Waals surface area contributed by atoms with Crippen LogP contribution in [-0.4, -0.2) is 49.4 Å². The van der Waals surface area contributed by atoms with Gasteiger partial charge in [-0.2, -0.15) is 0 Å². The summed E-state index contributed by atoms with van der Waals surface area (Å²) in [5, 5.41) is 18.2. The second-order valence-electron chi connectivity index (χ2n) is 5.67. The van der Waals surface area contributed by atoms with Crippen LogP contribution in [0, 0.1) is 0 Å². The zero-order valence-corrected chi connectivity index (χ0v) is 14.3. The molecule has 0 aliphatic rings. The fraction of sp³-hybridized carbons (Fsp3) is 0.889. The number of aliphatic hydroxyl groups excluding tert-OH is 2. The second kappa shape index (κ2) is 18.6. The number of rotatable bonds is 17. The molecule has 0 spiro atoms. The van der Waals surface area contributed by atoms with E-state index >= 15 is 0 Å². The lowest BCUT2D eigenvalue weighted by molar-refractivity contribution is 0.00917. The summed E-state index contributed by atoms with van der Waals surface area (Å²) < 4.78 is 10.3. The van der Waals surface area contributed by atoms with Gasteiger partial charge in [0.25, 0.3) is 0 Å². The molecule has 0 saturated heterocycles. The first-order chi connectivity index (χ1) is 10.8. The van der Waals surface area contributed by atoms with Crippen molar-refractivity contribution in [2.24, 2.45) is 0 Å². The summed E-state index contributed by atoms with van der Waals surface area (Å²) in [5.41, 5.74) is 0. The molecule has 132 valence electrons. The molecule has 0 saturated carbocycles. The van der Waals surface area contributed by atoms with Crippen LogP contribution in [0.4, 0.5) is 0 Å². The molecule has 0 aliphatic heterocycles. The number of unbranched alkanes of at least 4 members (excludes halogenated alkanes) is 8. The quantitative estimate of drug-likeness (QED) is 0.319. The van der Waals surface area contributed by atoms with Gasteiger partial charge < -0.3 is 19.7 Å². The highest BCUT2D eigenvalue weighted by atomic mass is 16.5. The molecule has 4 nitrogen and oxygen atoms in total. The van der Waals surface area contributed by atoms with Crippen molar-refractivity contribution >= 4 is 0 Å². The molecule has 4 heteroatoms. The zero-order valence-electron chi connectivity index (χ0n) is 14.3. The first-order valence-electron chi connectivity index (χ1n) is 8.92. The fourth-order valence-electron chi connectivity index (χ4n) is 2.19. The van der Waals surface area contributed by atoms with Crippen LogP contribution in [0.5, 0.6) is 0 Å².